The van der Waals surface area contributed by atoms with Gasteiger partial charge in [-0.1, -0.05) is 24.3 Å². The number of aromatic nitrogens is 4. The van der Waals surface area contributed by atoms with Crippen molar-refractivity contribution >= 4 is 5.65 Å². The van der Waals surface area contributed by atoms with E-state index in [9.17, 15) is 22.0 Å². The molecule has 1 fully saturated rings. The molecule has 4 rings (SSSR count). The molecule has 0 spiro atoms. The molecule has 0 bridgehead atoms. The van der Waals surface area contributed by atoms with Gasteiger partial charge in [-0.05, 0) is 17.7 Å². The van der Waals surface area contributed by atoms with Crippen LogP contribution in [0.5, 0.6) is 0 Å². The van der Waals surface area contributed by atoms with Crippen molar-refractivity contribution in [1.29, 1.82) is 0 Å². The molecule has 1 aromatic carbocycles. The van der Waals surface area contributed by atoms with Crippen LogP contribution in [0.3, 0.4) is 0 Å². The Morgan fingerprint density at radius 2 is 1.67 bits per heavy atom. The summed E-state index contributed by atoms with van der Waals surface area (Å²) in [5, 5.41) is 10.4. The van der Waals surface area contributed by atoms with E-state index in [4.69, 9.17) is 0 Å². The average Bonchev–Trinajstić information content (AvgIpc) is 2.96. The maximum Gasteiger partial charge on any atom is 0.453 e. The second-order valence-corrected chi connectivity index (χ2v) is 5.65. The van der Waals surface area contributed by atoms with Gasteiger partial charge in [0.15, 0.2) is 5.65 Å². The molecule has 2 heterocycles. The molecule has 1 unspecified atom stereocenters. The smallest absolute Gasteiger partial charge is 0.206 e. The van der Waals surface area contributed by atoms with Gasteiger partial charge in [-0.25, -0.2) is 8.78 Å². The summed E-state index contributed by atoms with van der Waals surface area (Å²) >= 11 is 0. The van der Waals surface area contributed by atoms with Gasteiger partial charge in [0.1, 0.15) is 0 Å². The highest BCUT2D eigenvalue weighted by Crippen LogP contribution is 2.55. The summed E-state index contributed by atoms with van der Waals surface area (Å²) in [5.41, 5.74) is 1.26. The first-order chi connectivity index (χ1) is 11.3. The molecule has 0 amide bonds. The largest absolute Gasteiger partial charge is 0.453 e. The van der Waals surface area contributed by atoms with E-state index in [1.54, 1.807) is 24.3 Å². The van der Waals surface area contributed by atoms with Gasteiger partial charge in [0.2, 0.25) is 0 Å². The highest BCUT2D eigenvalue weighted by molar-refractivity contribution is 5.61. The van der Waals surface area contributed by atoms with Gasteiger partial charge in [0.25, 0.3) is 11.7 Å². The fourth-order valence-corrected chi connectivity index (χ4v) is 2.58. The molecule has 0 radical (unpaired) electrons. The zero-order chi connectivity index (χ0) is 17.1. The van der Waals surface area contributed by atoms with Crippen molar-refractivity contribution in [2.24, 2.45) is 0 Å². The molecule has 124 valence electrons. The minimum Gasteiger partial charge on any atom is -0.206 e. The monoisotopic (exact) mass is 340 g/mol. The molecule has 2 aromatic heterocycles. The van der Waals surface area contributed by atoms with Gasteiger partial charge in [0, 0.05) is 12.0 Å². The molecule has 1 aliphatic carbocycles. The maximum atomic E-state index is 13.1. The lowest BCUT2D eigenvalue weighted by molar-refractivity contribution is -0.146. The summed E-state index contributed by atoms with van der Waals surface area (Å²) in [5.74, 6) is -4.66. The lowest BCUT2D eigenvalue weighted by Gasteiger charge is -2.06. The van der Waals surface area contributed by atoms with Gasteiger partial charge in [-0.3, -0.25) is 0 Å². The third-order valence-electron chi connectivity index (χ3n) is 3.95. The summed E-state index contributed by atoms with van der Waals surface area (Å²) in [6.45, 7) is 0. The van der Waals surface area contributed by atoms with Gasteiger partial charge in [-0.2, -0.15) is 22.8 Å². The molecular formula is C15H9F5N4. The predicted molar refractivity (Wildman–Crippen MR) is 73.5 cm³/mol. The van der Waals surface area contributed by atoms with Crippen LogP contribution in [-0.2, 0) is 6.18 Å². The van der Waals surface area contributed by atoms with Crippen LogP contribution in [0.1, 0.15) is 23.7 Å². The summed E-state index contributed by atoms with van der Waals surface area (Å²) < 4.78 is 65.4. The van der Waals surface area contributed by atoms with Gasteiger partial charge in [0.05, 0.1) is 11.6 Å². The molecule has 0 aliphatic heterocycles. The maximum absolute atomic E-state index is 13.1. The first kappa shape index (κ1) is 15.0. The van der Waals surface area contributed by atoms with E-state index in [-0.39, 0.29) is 17.8 Å². The number of benzene rings is 1. The van der Waals surface area contributed by atoms with Crippen LogP contribution in [0.4, 0.5) is 22.0 Å². The van der Waals surface area contributed by atoms with Crippen LogP contribution in [0.15, 0.2) is 36.4 Å². The van der Waals surface area contributed by atoms with Crippen molar-refractivity contribution in [3.05, 3.63) is 47.8 Å². The second-order valence-electron chi connectivity index (χ2n) is 5.65. The van der Waals surface area contributed by atoms with Crippen LogP contribution in [-0.4, -0.2) is 25.7 Å². The fourth-order valence-electron chi connectivity index (χ4n) is 2.58. The van der Waals surface area contributed by atoms with E-state index in [1.165, 1.54) is 12.1 Å². The van der Waals surface area contributed by atoms with Crippen molar-refractivity contribution in [1.82, 2.24) is 19.8 Å². The molecule has 9 heteroatoms. The Bertz CT molecular complexity index is 914. The van der Waals surface area contributed by atoms with Gasteiger partial charge in [-0.15, -0.1) is 10.2 Å². The normalized spacial score (nSPS) is 19.6. The Morgan fingerprint density at radius 1 is 1.00 bits per heavy atom. The molecule has 24 heavy (non-hydrogen) atoms. The van der Waals surface area contributed by atoms with E-state index in [2.05, 4.69) is 15.3 Å². The van der Waals surface area contributed by atoms with Gasteiger partial charge < -0.3 is 0 Å². The fraction of sp³-hybridized carbons (Fsp3) is 0.267. The van der Waals surface area contributed by atoms with E-state index >= 15 is 0 Å². The molecule has 0 saturated heterocycles. The van der Waals surface area contributed by atoms with E-state index in [1.807, 2.05) is 0 Å². The van der Waals surface area contributed by atoms with Gasteiger partial charge >= 0.3 is 6.18 Å². The number of rotatable bonds is 2. The van der Waals surface area contributed by atoms with Crippen LogP contribution < -0.4 is 0 Å². The van der Waals surface area contributed by atoms with Crippen molar-refractivity contribution in [2.45, 2.75) is 24.4 Å². The Hall–Kier alpha value is -2.58. The number of alkyl halides is 5. The summed E-state index contributed by atoms with van der Waals surface area (Å²) in [6.07, 6.45) is -4.85. The first-order valence-electron chi connectivity index (χ1n) is 7.03. The van der Waals surface area contributed by atoms with E-state index in [0.29, 0.717) is 15.6 Å². The zero-order valence-corrected chi connectivity index (χ0v) is 11.9. The molecule has 4 nitrogen and oxygen atoms in total. The van der Waals surface area contributed by atoms with E-state index in [0.717, 1.165) is 0 Å². The third-order valence-corrected chi connectivity index (χ3v) is 3.95. The number of fused-ring (bicyclic) bond motifs is 1. The van der Waals surface area contributed by atoms with Crippen molar-refractivity contribution in [2.75, 3.05) is 0 Å². The molecular weight excluding hydrogens is 331 g/mol. The Morgan fingerprint density at radius 3 is 2.25 bits per heavy atom. The summed E-state index contributed by atoms with van der Waals surface area (Å²) in [4.78, 5) is 0. The minimum atomic E-state index is -4.67. The Kier molecular flexibility index (Phi) is 2.94. The van der Waals surface area contributed by atoms with Crippen molar-refractivity contribution in [3.8, 4) is 11.3 Å². The Labute approximate surface area is 131 Å². The lowest BCUT2D eigenvalue weighted by atomic mass is 10.1. The molecule has 1 saturated carbocycles. The Balaban J connectivity index is 1.71. The molecule has 3 aromatic rings. The molecule has 0 N–H and O–H groups in total. The topological polar surface area (TPSA) is 43.1 Å². The number of hydrogen-bond donors (Lipinski definition) is 0. The summed E-state index contributed by atoms with van der Waals surface area (Å²) in [6, 6.07) is 9.09. The predicted octanol–water partition coefficient (Wildman–Crippen LogP) is 3.93. The lowest BCUT2D eigenvalue weighted by Crippen LogP contribution is -2.12. The number of halogens is 5. The zero-order valence-electron chi connectivity index (χ0n) is 11.9. The minimum absolute atomic E-state index is 0.0275. The highest BCUT2D eigenvalue weighted by atomic mass is 19.4. The second kappa shape index (κ2) is 4.71. The SMILES string of the molecule is FC(F)(F)c1nnc2ccc(-c3ccc(C4CC4(F)F)cc3)nn12. The summed E-state index contributed by atoms with van der Waals surface area (Å²) in [7, 11) is 0. The number of hydrogen-bond acceptors (Lipinski definition) is 3. The first-order valence-corrected chi connectivity index (χ1v) is 7.03. The van der Waals surface area contributed by atoms with Crippen LogP contribution >= 0.6 is 0 Å². The average molecular weight is 340 g/mol. The van der Waals surface area contributed by atoms with Crippen molar-refractivity contribution < 1.29 is 22.0 Å². The third kappa shape index (κ3) is 2.40. The highest BCUT2D eigenvalue weighted by Gasteiger charge is 2.57. The van der Waals surface area contributed by atoms with Crippen molar-refractivity contribution in [3.63, 3.8) is 0 Å². The van der Waals surface area contributed by atoms with Crippen LogP contribution in [0.2, 0.25) is 0 Å². The van der Waals surface area contributed by atoms with Crippen LogP contribution in [0, 0.1) is 0 Å². The quantitative estimate of drug-likeness (QED) is 0.664. The van der Waals surface area contributed by atoms with E-state index < -0.39 is 23.8 Å². The number of nitrogens with zero attached hydrogens (tertiary/aromatic N) is 4. The molecule has 1 aliphatic rings. The standard InChI is InChI=1S/C15H9F5N4/c16-14(17)7-10(14)8-1-3-9(4-2-8)11-5-6-12-21-22-13(15(18,19)20)24(12)23-11/h1-6,10H,7H2. The molecule has 1 atom stereocenters. The van der Waals surface area contributed by atoms with Crippen LogP contribution in [0.25, 0.3) is 16.9 Å².